The lowest BCUT2D eigenvalue weighted by molar-refractivity contribution is 0.299. The fraction of sp³-hybridized carbons (Fsp3) is 0.333. The van der Waals surface area contributed by atoms with Gasteiger partial charge in [0.1, 0.15) is 0 Å². The number of aliphatic hydroxyl groups excluding tert-OH is 1. The molecule has 1 nitrogen and oxygen atoms in total. The largest absolute Gasteiger partial charge is 0.396 e. The number of aryl methyl sites for hydroxylation is 1. The number of hydrogen-bond donors (Lipinski definition) is 1. The molecule has 1 N–H and O–H groups in total. The maximum atomic E-state index is 8.72. The van der Waals surface area contributed by atoms with Crippen LogP contribution in [0.5, 0.6) is 0 Å². The Bertz CT molecular complexity index is 282. The maximum Gasteiger partial charge on any atom is 0.0468 e. The summed E-state index contributed by atoms with van der Waals surface area (Å²) in [5.41, 5.74) is 3.69. The SMILES string of the molecule is CC(=Cc1ccc(C)cc1)CCO. The van der Waals surface area contributed by atoms with Gasteiger partial charge in [0, 0.05) is 6.61 Å². The molecule has 0 aromatic heterocycles. The van der Waals surface area contributed by atoms with Crippen molar-refractivity contribution in [3.63, 3.8) is 0 Å². The van der Waals surface area contributed by atoms with Crippen LogP contribution >= 0.6 is 0 Å². The van der Waals surface area contributed by atoms with E-state index in [-0.39, 0.29) is 6.61 Å². The van der Waals surface area contributed by atoms with E-state index in [0.717, 1.165) is 6.42 Å². The highest BCUT2D eigenvalue weighted by Gasteiger charge is 1.90. The molecule has 1 rings (SSSR count). The van der Waals surface area contributed by atoms with Crippen LogP contribution in [0.25, 0.3) is 6.08 Å². The van der Waals surface area contributed by atoms with E-state index in [0.29, 0.717) is 0 Å². The molecule has 0 heterocycles. The summed E-state index contributed by atoms with van der Waals surface area (Å²) >= 11 is 0. The van der Waals surface area contributed by atoms with Gasteiger partial charge in [0.15, 0.2) is 0 Å². The zero-order chi connectivity index (χ0) is 9.68. The van der Waals surface area contributed by atoms with Crippen LogP contribution in [0.15, 0.2) is 29.8 Å². The van der Waals surface area contributed by atoms with Crippen molar-refractivity contribution in [2.45, 2.75) is 20.3 Å². The molecule has 1 aromatic carbocycles. The van der Waals surface area contributed by atoms with Gasteiger partial charge in [-0.2, -0.15) is 0 Å². The molecule has 0 bridgehead atoms. The van der Waals surface area contributed by atoms with E-state index in [4.69, 9.17) is 5.11 Å². The molecule has 13 heavy (non-hydrogen) atoms. The van der Waals surface area contributed by atoms with E-state index in [2.05, 4.69) is 37.3 Å². The van der Waals surface area contributed by atoms with Crippen LogP contribution in [0, 0.1) is 6.92 Å². The van der Waals surface area contributed by atoms with E-state index in [1.807, 2.05) is 6.92 Å². The van der Waals surface area contributed by atoms with Gasteiger partial charge in [0.2, 0.25) is 0 Å². The van der Waals surface area contributed by atoms with Crippen molar-refractivity contribution in [1.29, 1.82) is 0 Å². The van der Waals surface area contributed by atoms with Crippen LogP contribution in [0.3, 0.4) is 0 Å². The van der Waals surface area contributed by atoms with Crippen LogP contribution in [0.2, 0.25) is 0 Å². The van der Waals surface area contributed by atoms with Crippen molar-refractivity contribution in [2.75, 3.05) is 6.61 Å². The van der Waals surface area contributed by atoms with Crippen molar-refractivity contribution in [1.82, 2.24) is 0 Å². The molecule has 0 fully saturated rings. The molecule has 0 saturated heterocycles. The Labute approximate surface area is 79.7 Å². The topological polar surface area (TPSA) is 20.2 Å². The molecule has 0 aliphatic carbocycles. The first kappa shape index (κ1) is 10.0. The summed E-state index contributed by atoms with van der Waals surface area (Å²) in [6, 6.07) is 8.38. The number of aliphatic hydroxyl groups is 1. The highest BCUT2D eigenvalue weighted by atomic mass is 16.2. The first-order valence-corrected chi connectivity index (χ1v) is 4.57. The fourth-order valence-electron chi connectivity index (χ4n) is 1.20. The molecule has 0 atom stereocenters. The van der Waals surface area contributed by atoms with Crippen LogP contribution in [-0.2, 0) is 0 Å². The molecule has 0 aliphatic heterocycles. The lowest BCUT2D eigenvalue weighted by Gasteiger charge is -1.98. The second-order valence-corrected chi connectivity index (χ2v) is 3.37. The number of hydrogen-bond acceptors (Lipinski definition) is 1. The average Bonchev–Trinajstić information content (AvgIpc) is 2.09. The Morgan fingerprint density at radius 2 is 1.92 bits per heavy atom. The second-order valence-electron chi connectivity index (χ2n) is 3.37. The minimum Gasteiger partial charge on any atom is -0.396 e. The molecule has 0 radical (unpaired) electrons. The van der Waals surface area contributed by atoms with Crippen LogP contribution < -0.4 is 0 Å². The summed E-state index contributed by atoms with van der Waals surface area (Å²) in [6.45, 7) is 4.35. The van der Waals surface area contributed by atoms with E-state index in [1.54, 1.807) is 0 Å². The maximum absolute atomic E-state index is 8.72. The van der Waals surface area contributed by atoms with Gasteiger partial charge in [-0.3, -0.25) is 0 Å². The van der Waals surface area contributed by atoms with E-state index < -0.39 is 0 Å². The first-order valence-electron chi connectivity index (χ1n) is 4.57. The van der Waals surface area contributed by atoms with Gasteiger partial charge >= 0.3 is 0 Å². The lowest BCUT2D eigenvalue weighted by atomic mass is 10.1. The summed E-state index contributed by atoms with van der Waals surface area (Å²) in [7, 11) is 0. The van der Waals surface area contributed by atoms with Crippen LogP contribution in [0.4, 0.5) is 0 Å². The normalized spacial score (nSPS) is 11.8. The molecule has 1 aromatic rings. The monoisotopic (exact) mass is 176 g/mol. The average molecular weight is 176 g/mol. The Morgan fingerprint density at radius 3 is 2.46 bits per heavy atom. The molecule has 0 aliphatic rings. The summed E-state index contributed by atoms with van der Waals surface area (Å²) in [5, 5.41) is 8.72. The Morgan fingerprint density at radius 1 is 1.31 bits per heavy atom. The van der Waals surface area contributed by atoms with E-state index in [9.17, 15) is 0 Å². The minimum atomic E-state index is 0.230. The zero-order valence-corrected chi connectivity index (χ0v) is 8.25. The van der Waals surface area contributed by atoms with Gasteiger partial charge in [-0.1, -0.05) is 41.5 Å². The third kappa shape index (κ3) is 3.43. The number of benzene rings is 1. The molecule has 0 unspecified atom stereocenters. The Hall–Kier alpha value is -1.08. The summed E-state index contributed by atoms with van der Waals surface area (Å²) in [5.74, 6) is 0. The van der Waals surface area contributed by atoms with E-state index in [1.165, 1.54) is 16.7 Å². The van der Waals surface area contributed by atoms with Crippen molar-refractivity contribution in [3.8, 4) is 0 Å². The first-order chi connectivity index (χ1) is 6.22. The summed E-state index contributed by atoms with van der Waals surface area (Å²) < 4.78 is 0. The molecular formula is C12H16O. The lowest BCUT2D eigenvalue weighted by Crippen LogP contribution is -1.84. The molecule has 0 saturated carbocycles. The zero-order valence-electron chi connectivity index (χ0n) is 8.25. The third-order valence-corrected chi connectivity index (χ3v) is 2.00. The second kappa shape index (κ2) is 4.83. The molecular weight excluding hydrogens is 160 g/mol. The molecule has 0 spiro atoms. The van der Waals surface area contributed by atoms with E-state index >= 15 is 0 Å². The Kier molecular flexibility index (Phi) is 3.71. The van der Waals surface area contributed by atoms with Crippen LogP contribution in [-0.4, -0.2) is 11.7 Å². The quantitative estimate of drug-likeness (QED) is 0.750. The smallest absolute Gasteiger partial charge is 0.0468 e. The van der Waals surface area contributed by atoms with Gasteiger partial charge in [0.25, 0.3) is 0 Å². The predicted molar refractivity (Wildman–Crippen MR) is 56.5 cm³/mol. The van der Waals surface area contributed by atoms with Gasteiger partial charge < -0.3 is 5.11 Å². The van der Waals surface area contributed by atoms with Gasteiger partial charge in [-0.15, -0.1) is 0 Å². The fourth-order valence-corrected chi connectivity index (χ4v) is 1.20. The van der Waals surface area contributed by atoms with Crippen molar-refractivity contribution < 1.29 is 5.11 Å². The Balaban J connectivity index is 2.73. The van der Waals surface area contributed by atoms with Gasteiger partial charge in [-0.05, 0) is 25.8 Å². The predicted octanol–water partition coefficient (Wildman–Crippen LogP) is 2.78. The third-order valence-electron chi connectivity index (χ3n) is 2.00. The highest BCUT2D eigenvalue weighted by Crippen LogP contribution is 2.09. The van der Waals surface area contributed by atoms with Crippen molar-refractivity contribution in [3.05, 3.63) is 41.0 Å². The van der Waals surface area contributed by atoms with Crippen LogP contribution in [0.1, 0.15) is 24.5 Å². The summed E-state index contributed by atoms with van der Waals surface area (Å²) in [6.07, 6.45) is 2.86. The van der Waals surface area contributed by atoms with Crippen molar-refractivity contribution >= 4 is 6.08 Å². The molecule has 1 heteroatoms. The molecule has 0 amide bonds. The minimum absolute atomic E-state index is 0.230. The summed E-state index contributed by atoms with van der Waals surface area (Å²) in [4.78, 5) is 0. The van der Waals surface area contributed by atoms with Crippen molar-refractivity contribution in [2.24, 2.45) is 0 Å². The standard InChI is InChI=1S/C12H16O/c1-10-3-5-12(6-4-10)9-11(2)7-8-13/h3-6,9,13H,7-8H2,1-2H3. The molecule has 70 valence electrons. The van der Waals surface area contributed by atoms with Gasteiger partial charge in [0.05, 0.1) is 0 Å². The highest BCUT2D eigenvalue weighted by molar-refractivity contribution is 5.52. The number of rotatable bonds is 3. The van der Waals surface area contributed by atoms with Gasteiger partial charge in [-0.25, -0.2) is 0 Å².